The Morgan fingerprint density at radius 3 is 2.75 bits per heavy atom. The minimum atomic E-state index is 0.163. The molecule has 8 nitrogen and oxygen atoms in total. The standard InChI is InChI=1S/C16H24N6O2/c1-10(16-18-15(20-24-16)12-4-5-12)22-7-6-13(8-22)21(3)9-14-17-11(2)23-19-14/h10,12-13H,4-9H2,1-3H3. The number of aromatic nitrogens is 4. The van der Waals surface area contributed by atoms with Gasteiger partial charge in [-0.15, -0.1) is 0 Å². The quantitative estimate of drug-likeness (QED) is 0.793. The molecule has 2 unspecified atom stereocenters. The van der Waals surface area contributed by atoms with Crippen LogP contribution in [0.5, 0.6) is 0 Å². The minimum Gasteiger partial charge on any atom is -0.340 e. The number of hydrogen-bond acceptors (Lipinski definition) is 8. The van der Waals surface area contributed by atoms with E-state index in [1.807, 2.05) is 6.92 Å². The first-order chi connectivity index (χ1) is 11.6. The molecule has 4 rings (SSSR count). The third-order valence-electron chi connectivity index (χ3n) is 5.08. The summed E-state index contributed by atoms with van der Waals surface area (Å²) in [6.07, 6.45) is 3.50. The second-order valence-corrected chi connectivity index (χ2v) is 7.02. The van der Waals surface area contributed by atoms with Gasteiger partial charge in [0.1, 0.15) is 0 Å². The zero-order valence-electron chi connectivity index (χ0n) is 14.5. The van der Waals surface area contributed by atoms with Crippen molar-refractivity contribution in [2.45, 2.75) is 57.7 Å². The first-order valence-corrected chi connectivity index (χ1v) is 8.67. The highest BCUT2D eigenvalue weighted by molar-refractivity contribution is 5.05. The molecule has 24 heavy (non-hydrogen) atoms. The largest absolute Gasteiger partial charge is 0.340 e. The van der Waals surface area contributed by atoms with Gasteiger partial charge in [-0.05, 0) is 33.2 Å². The van der Waals surface area contributed by atoms with E-state index in [0.717, 1.165) is 37.0 Å². The van der Waals surface area contributed by atoms with Crippen molar-refractivity contribution in [1.82, 2.24) is 30.1 Å². The molecule has 0 radical (unpaired) electrons. The molecule has 2 atom stereocenters. The molecule has 2 aliphatic rings. The third kappa shape index (κ3) is 3.21. The zero-order valence-corrected chi connectivity index (χ0v) is 14.5. The van der Waals surface area contributed by atoms with Crippen molar-refractivity contribution in [3.63, 3.8) is 0 Å². The van der Waals surface area contributed by atoms with E-state index in [9.17, 15) is 0 Å². The van der Waals surface area contributed by atoms with Gasteiger partial charge in [0.15, 0.2) is 11.6 Å². The van der Waals surface area contributed by atoms with Crippen LogP contribution in [0.4, 0.5) is 0 Å². The maximum Gasteiger partial charge on any atom is 0.243 e. The lowest BCUT2D eigenvalue weighted by Gasteiger charge is -2.25. The van der Waals surface area contributed by atoms with Gasteiger partial charge in [-0.1, -0.05) is 10.3 Å². The van der Waals surface area contributed by atoms with Gasteiger partial charge < -0.3 is 9.05 Å². The first kappa shape index (κ1) is 15.7. The molecule has 0 N–H and O–H groups in total. The maximum absolute atomic E-state index is 5.49. The van der Waals surface area contributed by atoms with E-state index >= 15 is 0 Å². The van der Waals surface area contributed by atoms with Crippen molar-refractivity contribution < 1.29 is 9.05 Å². The Hall–Kier alpha value is -1.80. The Kier molecular flexibility index (Phi) is 4.09. The van der Waals surface area contributed by atoms with Crippen molar-refractivity contribution in [2.75, 3.05) is 20.1 Å². The molecular formula is C16H24N6O2. The monoisotopic (exact) mass is 332 g/mol. The van der Waals surface area contributed by atoms with Crippen molar-refractivity contribution in [1.29, 1.82) is 0 Å². The summed E-state index contributed by atoms with van der Waals surface area (Å²) in [6, 6.07) is 0.632. The van der Waals surface area contributed by atoms with E-state index in [0.29, 0.717) is 24.4 Å². The average Bonchev–Trinajstić information content (AvgIpc) is 3.00. The fraction of sp³-hybridized carbons (Fsp3) is 0.750. The lowest BCUT2D eigenvalue weighted by atomic mass is 10.2. The van der Waals surface area contributed by atoms with E-state index in [-0.39, 0.29) is 6.04 Å². The van der Waals surface area contributed by atoms with Gasteiger partial charge in [0, 0.05) is 32.0 Å². The van der Waals surface area contributed by atoms with Crippen molar-refractivity contribution in [3.8, 4) is 0 Å². The SMILES string of the molecule is Cc1nc(CN(C)C2CCN(C(C)c3nc(C4CC4)no3)C2)no1. The molecule has 1 saturated heterocycles. The van der Waals surface area contributed by atoms with E-state index in [4.69, 9.17) is 9.05 Å². The molecule has 8 heteroatoms. The van der Waals surface area contributed by atoms with E-state index in [1.165, 1.54) is 12.8 Å². The molecule has 2 aromatic rings. The predicted octanol–water partition coefficient (Wildman–Crippen LogP) is 1.91. The van der Waals surface area contributed by atoms with Crippen molar-refractivity contribution in [3.05, 3.63) is 23.4 Å². The van der Waals surface area contributed by atoms with Crippen LogP contribution in [0, 0.1) is 6.92 Å². The van der Waals surface area contributed by atoms with Crippen LogP contribution in [-0.4, -0.2) is 56.3 Å². The highest BCUT2D eigenvalue weighted by Crippen LogP contribution is 2.38. The maximum atomic E-state index is 5.49. The van der Waals surface area contributed by atoms with Gasteiger partial charge >= 0.3 is 0 Å². The first-order valence-electron chi connectivity index (χ1n) is 8.67. The van der Waals surface area contributed by atoms with Crippen LogP contribution >= 0.6 is 0 Å². The van der Waals surface area contributed by atoms with E-state index < -0.39 is 0 Å². The van der Waals surface area contributed by atoms with E-state index in [2.05, 4.69) is 44.1 Å². The Labute approximate surface area is 141 Å². The smallest absolute Gasteiger partial charge is 0.243 e. The van der Waals surface area contributed by atoms with Crippen molar-refractivity contribution in [2.24, 2.45) is 0 Å². The second kappa shape index (κ2) is 6.25. The summed E-state index contributed by atoms with van der Waals surface area (Å²) >= 11 is 0. The molecule has 1 saturated carbocycles. The fourth-order valence-corrected chi connectivity index (χ4v) is 3.32. The van der Waals surface area contributed by atoms with Gasteiger partial charge in [-0.3, -0.25) is 9.80 Å². The summed E-state index contributed by atoms with van der Waals surface area (Å²) in [5.41, 5.74) is 0. The van der Waals surface area contributed by atoms with Crippen LogP contribution in [0.2, 0.25) is 0 Å². The van der Waals surface area contributed by atoms with Gasteiger partial charge in [0.25, 0.3) is 0 Å². The normalized spacial score (nSPS) is 23.2. The Bertz CT molecular complexity index is 694. The molecule has 0 amide bonds. The highest BCUT2D eigenvalue weighted by Gasteiger charge is 2.34. The van der Waals surface area contributed by atoms with Gasteiger partial charge in [-0.2, -0.15) is 9.97 Å². The van der Waals surface area contributed by atoms with E-state index in [1.54, 1.807) is 0 Å². The molecule has 2 aromatic heterocycles. The molecule has 0 bridgehead atoms. The van der Waals surface area contributed by atoms with Gasteiger partial charge in [-0.25, -0.2) is 0 Å². The summed E-state index contributed by atoms with van der Waals surface area (Å²) in [5, 5.41) is 8.11. The lowest BCUT2D eigenvalue weighted by molar-refractivity contribution is 0.177. The van der Waals surface area contributed by atoms with Crippen molar-refractivity contribution >= 4 is 0 Å². The molecule has 1 aliphatic carbocycles. The summed E-state index contributed by atoms with van der Waals surface area (Å²) in [5.74, 6) is 3.52. The van der Waals surface area contributed by atoms with Crippen LogP contribution < -0.4 is 0 Å². The Balaban J connectivity index is 1.34. The van der Waals surface area contributed by atoms with Gasteiger partial charge in [0.2, 0.25) is 11.8 Å². The van der Waals surface area contributed by atoms with Crippen LogP contribution in [0.15, 0.2) is 9.05 Å². The van der Waals surface area contributed by atoms with Crippen LogP contribution in [-0.2, 0) is 6.54 Å². The highest BCUT2D eigenvalue weighted by atomic mass is 16.5. The lowest BCUT2D eigenvalue weighted by Crippen LogP contribution is -2.35. The van der Waals surface area contributed by atoms with Crippen LogP contribution in [0.25, 0.3) is 0 Å². The zero-order chi connectivity index (χ0) is 16.7. The Morgan fingerprint density at radius 1 is 1.21 bits per heavy atom. The average molecular weight is 332 g/mol. The third-order valence-corrected chi connectivity index (χ3v) is 5.08. The molecule has 130 valence electrons. The molecule has 0 aromatic carbocycles. The number of likely N-dealkylation sites (tertiary alicyclic amines) is 1. The minimum absolute atomic E-state index is 0.163. The molecule has 2 fully saturated rings. The Morgan fingerprint density at radius 2 is 2.04 bits per heavy atom. The summed E-state index contributed by atoms with van der Waals surface area (Å²) < 4.78 is 10.5. The number of likely N-dealkylation sites (N-methyl/N-ethyl adjacent to an activating group) is 1. The number of rotatable bonds is 6. The molecule has 0 spiro atoms. The fourth-order valence-electron chi connectivity index (χ4n) is 3.32. The van der Waals surface area contributed by atoms with Crippen LogP contribution in [0.3, 0.4) is 0 Å². The second-order valence-electron chi connectivity index (χ2n) is 7.02. The molecular weight excluding hydrogens is 308 g/mol. The summed E-state index contributed by atoms with van der Waals surface area (Å²) in [6.45, 7) is 6.68. The van der Waals surface area contributed by atoms with Gasteiger partial charge in [0.05, 0.1) is 12.6 Å². The topological polar surface area (TPSA) is 84.3 Å². The summed E-state index contributed by atoms with van der Waals surface area (Å²) in [7, 11) is 2.11. The summed E-state index contributed by atoms with van der Waals surface area (Å²) in [4.78, 5) is 13.6. The number of aryl methyl sites for hydroxylation is 1. The number of hydrogen-bond donors (Lipinski definition) is 0. The molecule has 1 aliphatic heterocycles. The number of nitrogens with zero attached hydrogens (tertiary/aromatic N) is 6. The molecule has 3 heterocycles. The predicted molar refractivity (Wildman–Crippen MR) is 85.2 cm³/mol. The van der Waals surface area contributed by atoms with Crippen LogP contribution in [0.1, 0.15) is 61.6 Å².